The number of benzene rings is 1. The maximum absolute atomic E-state index is 13.1. The molecule has 0 bridgehead atoms. The van der Waals surface area contributed by atoms with Crippen molar-refractivity contribution in [2.45, 2.75) is 30.8 Å². The van der Waals surface area contributed by atoms with Crippen LogP contribution in [0.1, 0.15) is 19.8 Å². The van der Waals surface area contributed by atoms with Crippen molar-refractivity contribution in [3.63, 3.8) is 0 Å². The van der Waals surface area contributed by atoms with Gasteiger partial charge in [-0.1, -0.05) is 13.0 Å². The third-order valence-electron chi connectivity index (χ3n) is 3.36. The van der Waals surface area contributed by atoms with Crippen LogP contribution >= 0.6 is 0 Å². The highest BCUT2D eigenvalue weighted by Crippen LogP contribution is 2.26. The molecule has 100 valence electrons. The Morgan fingerprint density at radius 3 is 2.83 bits per heavy atom. The molecule has 1 aromatic rings. The van der Waals surface area contributed by atoms with E-state index >= 15 is 0 Å². The van der Waals surface area contributed by atoms with Crippen LogP contribution in [0, 0.1) is 11.7 Å². The van der Waals surface area contributed by atoms with E-state index in [9.17, 15) is 12.8 Å². The van der Waals surface area contributed by atoms with E-state index in [0.717, 1.165) is 18.9 Å². The second-order valence-electron chi connectivity index (χ2n) is 4.68. The summed E-state index contributed by atoms with van der Waals surface area (Å²) in [5.74, 6) is -0.447. The maximum atomic E-state index is 13.1. The van der Waals surface area contributed by atoms with Crippen LogP contribution in [0.15, 0.2) is 29.2 Å². The van der Waals surface area contributed by atoms with E-state index in [2.05, 4.69) is 0 Å². The molecule has 1 heterocycles. The summed E-state index contributed by atoms with van der Waals surface area (Å²) < 4.78 is 39.1. The quantitative estimate of drug-likeness (QED) is 0.888. The first-order chi connectivity index (χ1) is 8.43. The number of nitrogens with two attached hydrogens (primary N) is 1. The molecule has 0 aliphatic carbocycles. The Balaban J connectivity index is 2.36. The second kappa shape index (κ2) is 4.95. The molecule has 1 aliphatic heterocycles. The molecule has 2 N–H and O–H groups in total. The molecule has 2 unspecified atom stereocenters. The normalized spacial score (nSPS) is 26.2. The van der Waals surface area contributed by atoms with Gasteiger partial charge in [-0.25, -0.2) is 12.8 Å². The summed E-state index contributed by atoms with van der Waals surface area (Å²) in [6.07, 6.45) is 1.16. The molecular formula is C12H17FN2O2S. The first-order valence-electron chi connectivity index (χ1n) is 5.96. The highest BCUT2D eigenvalue weighted by atomic mass is 32.2. The number of hydrogen-bond acceptors (Lipinski definition) is 3. The van der Waals surface area contributed by atoms with E-state index in [4.69, 9.17) is 5.73 Å². The van der Waals surface area contributed by atoms with Crippen LogP contribution < -0.4 is 5.73 Å². The third-order valence-corrected chi connectivity index (χ3v) is 5.25. The fraction of sp³-hybridized carbons (Fsp3) is 0.500. The summed E-state index contributed by atoms with van der Waals surface area (Å²) in [4.78, 5) is -0.0351. The minimum absolute atomic E-state index is 0.0351. The van der Waals surface area contributed by atoms with Gasteiger partial charge in [-0.3, -0.25) is 0 Å². The summed E-state index contributed by atoms with van der Waals surface area (Å²) in [5, 5.41) is 0. The highest BCUT2D eigenvalue weighted by Gasteiger charge is 2.35. The van der Waals surface area contributed by atoms with Crippen molar-refractivity contribution in [2.75, 3.05) is 6.54 Å². The number of halogens is 1. The zero-order valence-corrected chi connectivity index (χ0v) is 11.0. The first-order valence-corrected chi connectivity index (χ1v) is 7.40. The second-order valence-corrected chi connectivity index (χ2v) is 6.57. The van der Waals surface area contributed by atoms with Gasteiger partial charge in [-0.15, -0.1) is 0 Å². The van der Waals surface area contributed by atoms with Gasteiger partial charge in [0.15, 0.2) is 0 Å². The van der Waals surface area contributed by atoms with Crippen LogP contribution in [0.5, 0.6) is 0 Å². The van der Waals surface area contributed by atoms with Gasteiger partial charge in [0, 0.05) is 6.54 Å². The van der Waals surface area contributed by atoms with Gasteiger partial charge in [0.2, 0.25) is 10.0 Å². The fourth-order valence-corrected chi connectivity index (χ4v) is 3.90. The molecule has 0 spiro atoms. The monoisotopic (exact) mass is 272 g/mol. The molecule has 0 aromatic heterocycles. The van der Waals surface area contributed by atoms with E-state index in [-0.39, 0.29) is 10.8 Å². The lowest BCUT2D eigenvalue weighted by molar-refractivity contribution is 0.192. The third kappa shape index (κ3) is 2.41. The molecule has 2 atom stereocenters. The highest BCUT2D eigenvalue weighted by molar-refractivity contribution is 7.89. The zero-order chi connectivity index (χ0) is 13.3. The van der Waals surface area contributed by atoms with E-state index < -0.39 is 22.0 Å². The van der Waals surface area contributed by atoms with Gasteiger partial charge in [0.1, 0.15) is 5.82 Å². The summed E-state index contributed by atoms with van der Waals surface area (Å²) in [6, 6.07) is 5.03. The van der Waals surface area contributed by atoms with Crippen LogP contribution in [0.25, 0.3) is 0 Å². The van der Waals surface area contributed by atoms with Gasteiger partial charge in [-0.05, 0) is 37.0 Å². The number of sulfonamides is 1. The lowest BCUT2D eigenvalue weighted by Crippen LogP contribution is -2.52. The van der Waals surface area contributed by atoms with Crippen molar-refractivity contribution in [3.8, 4) is 0 Å². The van der Waals surface area contributed by atoms with Crippen LogP contribution in [0.4, 0.5) is 4.39 Å². The van der Waals surface area contributed by atoms with Gasteiger partial charge >= 0.3 is 0 Å². The summed E-state index contributed by atoms with van der Waals surface area (Å²) in [5.41, 5.74) is 5.94. The minimum Gasteiger partial charge on any atom is -0.315 e. The van der Waals surface area contributed by atoms with Crippen molar-refractivity contribution in [2.24, 2.45) is 11.7 Å². The molecule has 0 amide bonds. The Bertz CT molecular complexity index is 533. The van der Waals surface area contributed by atoms with Crippen molar-refractivity contribution in [3.05, 3.63) is 30.1 Å². The van der Waals surface area contributed by atoms with Crippen molar-refractivity contribution in [1.29, 1.82) is 0 Å². The Morgan fingerprint density at radius 1 is 1.44 bits per heavy atom. The lowest BCUT2D eigenvalue weighted by atomic mass is 9.99. The molecule has 2 rings (SSSR count). The van der Waals surface area contributed by atoms with E-state index in [0.29, 0.717) is 6.54 Å². The smallest absolute Gasteiger partial charge is 0.244 e. The minimum atomic E-state index is -3.70. The average molecular weight is 272 g/mol. The zero-order valence-electron chi connectivity index (χ0n) is 10.2. The number of rotatable bonds is 2. The molecule has 1 aromatic carbocycles. The van der Waals surface area contributed by atoms with Gasteiger partial charge in [0.05, 0.1) is 11.1 Å². The fourth-order valence-electron chi connectivity index (χ4n) is 2.22. The first kappa shape index (κ1) is 13.5. The predicted octanol–water partition coefficient (Wildman–Crippen LogP) is 1.53. The number of nitrogens with zero attached hydrogens (tertiary/aromatic N) is 1. The lowest BCUT2D eigenvalue weighted by Gasteiger charge is -2.36. The van der Waals surface area contributed by atoms with E-state index in [1.165, 1.54) is 22.5 Å². The van der Waals surface area contributed by atoms with E-state index in [1.54, 1.807) is 0 Å². The number of hydrogen-bond donors (Lipinski definition) is 1. The SMILES string of the molecule is CC1CCCN(S(=O)(=O)c2cccc(F)c2)C1N. The Labute approximate surface area is 107 Å². The Morgan fingerprint density at radius 2 is 2.17 bits per heavy atom. The molecule has 6 heteroatoms. The molecular weight excluding hydrogens is 255 g/mol. The molecule has 18 heavy (non-hydrogen) atoms. The van der Waals surface area contributed by atoms with Crippen LogP contribution in [-0.2, 0) is 10.0 Å². The van der Waals surface area contributed by atoms with Gasteiger partial charge < -0.3 is 5.73 Å². The molecule has 1 saturated heterocycles. The maximum Gasteiger partial charge on any atom is 0.244 e. The molecule has 4 nitrogen and oxygen atoms in total. The molecule has 0 saturated carbocycles. The summed E-state index contributed by atoms with van der Waals surface area (Å²) in [6.45, 7) is 2.32. The Hall–Kier alpha value is -0.980. The van der Waals surface area contributed by atoms with Crippen molar-refractivity contribution < 1.29 is 12.8 Å². The number of piperidine rings is 1. The average Bonchev–Trinajstić information content (AvgIpc) is 2.32. The molecule has 1 fully saturated rings. The van der Waals surface area contributed by atoms with E-state index in [1.807, 2.05) is 6.92 Å². The standard InChI is InChI=1S/C12H17FN2O2S/c1-9-4-3-7-15(12(9)14)18(16,17)11-6-2-5-10(13)8-11/h2,5-6,8-9,12H,3-4,7,14H2,1H3. The van der Waals surface area contributed by atoms with Gasteiger partial charge in [0.25, 0.3) is 0 Å². The topological polar surface area (TPSA) is 63.4 Å². The van der Waals surface area contributed by atoms with Crippen LogP contribution in [0.3, 0.4) is 0 Å². The molecule has 0 radical (unpaired) electrons. The Kier molecular flexibility index (Phi) is 3.70. The summed E-state index contributed by atoms with van der Waals surface area (Å²) >= 11 is 0. The predicted molar refractivity (Wildman–Crippen MR) is 66.7 cm³/mol. The van der Waals surface area contributed by atoms with Crippen molar-refractivity contribution in [1.82, 2.24) is 4.31 Å². The van der Waals surface area contributed by atoms with Gasteiger partial charge in [-0.2, -0.15) is 4.31 Å². The largest absolute Gasteiger partial charge is 0.315 e. The van der Waals surface area contributed by atoms with Crippen LogP contribution in [0.2, 0.25) is 0 Å². The van der Waals surface area contributed by atoms with Crippen molar-refractivity contribution >= 4 is 10.0 Å². The molecule has 1 aliphatic rings. The van der Waals surface area contributed by atoms with Crippen LogP contribution in [-0.4, -0.2) is 25.4 Å². The summed E-state index contributed by atoms with van der Waals surface area (Å²) in [7, 11) is -3.70.